The first kappa shape index (κ1) is 15.3. The van der Waals surface area contributed by atoms with Crippen molar-refractivity contribution in [2.75, 3.05) is 6.54 Å². The predicted octanol–water partition coefficient (Wildman–Crippen LogP) is 2.91. The van der Waals surface area contributed by atoms with E-state index in [0.29, 0.717) is 18.0 Å². The molecule has 1 aliphatic carbocycles. The zero-order valence-corrected chi connectivity index (χ0v) is 13.3. The van der Waals surface area contributed by atoms with Gasteiger partial charge in [0.1, 0.15) is 0 Å². The molecular formula is C15H18INO3. The third kappa shape index (κ3) is 4.19. The summed E-state index contributed by atoms with van der Waals surface area (Å²) in [5, 5.41) is 11.9. The van der Waals surface area contributed by atoms with Crippen molar-refractivity contribution >= 4 is 34.5 Å². The highest BCUT2D eigenvalue weighted by molar-refractivity contribution is 14.1. The third-order valence-corrected chi connectivity index (χ3v) is 4.57. The number of aliphatic carboxylic acids is 1. The lowest BCUT2D eigenvalue weighted by Crippen LogP contribution is -2.32. The first-order valence-corrected chi connectivity index (χ1v) is 7.90. The molecular weight excluding hydrogens is 369 g/mol. The number of carboxylic acids is 1. The van der Waals surface area contributed by atoms with Crippen LogP contribution in [0.3, 0.4) is 0 Å². The molecule has 1 aromatic rings. The number of amides is 1. The van der Waals surface area contributed by atoms with Crippen molar-refractivity contribution in [1.29, 1.82) is 0 Å². The molecule has 1 saturated carbocycles. The molecule has 1 fully saturated rings. The van der Waals surface area contributed by atoms with Gasteiger partial charge in [-0.3, -0.25) is 9.59 Å². The molecule has 1 aromatic carbocycles. The van der Waals surface area contributed by atoms with Gasteiger partial charge < -0.3 is 10.4 Å². The second kappa shape index (κ2) is 7.06. The Kier molecular flexibility index (Phi) is 5.39. The number of hydrogen-bond donors (Lipinski definition) is 2. The van der Waals surface area contributed by atoms with Gasteiger partial charge in [0.05, 0.1) is 5.92 Å². The molecule has 0 heterocycles. The molecule has 1 amide bonds. The van der Waals surface area contributed by atoms with Crippen LogP contribution in [0, 0.1) is 15.4 Å². The SMILES string of the molecule is O=C(NCC1CCC(C(=O)O)CC1)c1ccc(I)cc1. The number of carboxylic acid groups (broad SMARTS) is 1. The molecule has 108 valence electrons. The summed E-state index contributed by atoms with van der Waals surface area (Å²) >= 11 is 2.20. The van der Waals surface area contributed by atoms with Gasteiger partial charge in [-0.2, -0.15) is 0 Å². The van der Waals surface area contributed by atoms with Gasteiger partial charge >= 0.3 is 5.97 Å². The van der Waals surface area contributed by atoms with Gasteiger partial charge in [0, 0.05) is 15.7 Å². The van der Waals surface area contributed by atoms with Crippen molar-refractivity contribution in [1.82, 2.24) is 5.32 Å². The lowest BCUT2D eigenvalue weighted by atomic mass is 9.82. The predicted molar refractivity (Wildman–Crippen MR) is 84.6 cm³/mol. The number of hydrogen-bond acceptors (Lipinski definition) is 2. The van der Waals surface area contributed by atoms with Crippen molar-refractivity contribution in [3.05, 3.63) is 33.4 Å². The highest BCUT2D eigenvalue weighted by Crippen LogP contribution is 2.28. The Hall–Kier alpha value is -1.11. The molecule has 2 N–H and O–H groups in total. The second-order valence-electron chi connectivity index (χ2n) is 5.27. The van der Waals surface area contributed by atoms with Gasteiger partial charge in [-0.25, -0.2) is 0 Å². The zero-order valence-electron chi connectivity index (χ0n) is 11.1. The van der Waals surface area contributed by atoms with Crippen LogP contribution in [0.5, 0.6) is 0 Å². The zero-order chi connectivity index (χ0) is 14.5. The fourth-order valence-corrected chi connectivity index (χ4v) is 2.91. The number of nitrogens with one attached hydrogen (secondary N) is 1. The summed E-state index contributed by atoms with van der Waals surface area (Å²) in [6, 6.07) is 7.46. The Labute approximate surface area is 132 Å². The lowest BCUT2D eigenvalue weighted by molar-refractivity contribution is -0.143. The first-order chi connectivity index (χ1) is 9.56. The molecule has 0 aliphatic heterocycles. The minimum Gasteiger partial charge on any atom is -0.481 e. The quantitative estimate of drug-likeness (QED) is 0.781. The molecule has 20 heavy (non-hydrogen) atoms. The van der Waals surface area contributed by atoms with E-state index in [0.717, 1.165) is 29.3 Å². The summed E-state index contributed by atoms with van der Waals surface area (Å²) in [7, 11) is 0. The highest BCUT2D eigenvalue weighted by Gasteiger charge is 2.25. The van der Waals surface area contributed by atoms with Gasteiger partial charge in [0.2, 0.25) is 0 Å². The van der Waals surface area contributed by atoms with Crippen LogP contribution in [0.4, 0.5) is 0 Å². The van der Waals surface area contributed by atoms with Crippen molar-refractivity contribution < 1.29 is 14.7 Å². The largest absolute Gasteiger partial charge is 0.481 e. The van der Waals surface area contributed by atoms with E-state index in [2.05, 4.69) is 27.9 Å². The van der Waals surface area contributed by atoms with Crippen LogP contribution in [0.2, 0.25) is 0 Å². The molecule has 1 aliphatic rings. The molecule has 0 spiro atoms. The van der Waals surface area contributed by atoms with E-state index in [4.69, 9.17) is 5.11 Å². The maximum absolute atomic E-state index is 12.0. The monoisotopic (exact) mass is 387 g/mol. The Morgan fingerprint density at radius 2 is 1.75 bits per heavy atom. The fourth-order valence-electron chi connectivity index (χ4n) is 2.55. The van der Waals surface area contributed by atoms with Crippen molar-refractivity contribution in [3.8, 4) is 0 Å². The molecule has 0 saturated heterocycles. The lowest BCUT2D eigenvalue weighted by Gasteiger charge is -2.26. The van der Waals surface area contributed by atoms with E-state index in [1.54, 1.807) is 0 Å². The Morgan fingerprint density at radius 1 is 1.15 bits per heavy atom. The van der Waals surface area contributed by atoms with Crippen molar-refractivity contribution in [2.45, 2.75) is 25.7 Å². The minimum atomic E-state index is -0.689. The second-order valence-corrected chi connectivity index (χ2v) is 6.52. The van der Waals surface area contributed by atoms with Crippen LogP contribution in [-0.2, 0) is 4.79 Å². The molecule has 0 aromatic heterocycles. The van der Waals surface area contributed by atoms with Gasteiger partial charge in [0.15, 0.2) is 0 Å². The van der Waals surface area contributed by atoms with E-state index in [-0.39, 0.29) is 11.8 Å². The maximum Gasteiger partial charge on any atom is 0.306 e. The fraction of sp³-hybridized carbons (Fsp3) is 0.467. The summed E-state index contributed by atoms with van der Waals surface area (Å²) in [5.74, 6) is -0.537. The third-order valence-electron chi connectivity index (χ3n) is 3.85. The van der Waals surface area contributed by atoms with E-state index in [1.165, 1.54) is 0 Å². The average Bonchev–Trinajstić information content (AvgIpc) is 2.46. The molecule has 4 nitrogen and oxygen atoms in total. The van der Waals surface area contributed by atoms with Gasteiger partial charge in [-0.1, -0.05) is 0 Å². The number of carbonyl (C=O) groups excluding carboxylic acids is 1. The summed E-state index contributed by atoms with van der Waals surface area (Å²) in [6.45, 7) is 0.636. The molecule has 0 atom stereocenters. The topological polar surface area (TPSA) is 66.4 Å². The Balaban J connectivity index is 1.77. The van der Waals surface area contributed by atoms with Crippen LogP contribution in [0.25, 0.3) is 0 Å². The first-order valence-electron chi connectivity index (χ1n) is 6.83. The summed E-state index contributed by atoms with van der Waals surface area (Å²) in [5.41, 5.74) is 0.671. The van der Waals surface area contributed by atoms with Crippen LogP contribution in [0.1, 0.15) is 36.0 Å². The maximum atomic E-state index is 12.0. The smallest absolute Gasteiger partial charge is 0.306 e. The number of halogens is 1. The van der Waals surface area contributed by atoms with E-state index in [1.807, 2.05) is 24.3 Å². The molecule has 0 radical (unpaired) electrons. The summed E-state index contributed by atoms with van der Waals surface area (Å²) in [6.07, 6.45) is 3.20. The molecule has 5 heteroatoms. The van der Waals surface area contributed by atoms with E-state index < -0.39 is 5.97 Å². The average molecular weight is 387 g/mol. The number of rotatable bonds is 4. The van der Waals surface area contributed by atoms with Gasteiger partial charge in [-0.15, -0.1) is 0 Å². The van der Waals surface area contributed by atoms with Crippen LogP contribution >= 0.6 is 22.6 Å². The van der Waals surface area contributed by atoms with Crippen molar-refractivity contribution in [3.63, 3.8) is 0 Å². The summed E-state index contributed by atoms with van der Waals surface area (Å²) < 4.78 is 1.10. The minimum absolute atomic E-state index is 0.0539. The molecule has 0 unspecified atom stereocenters. The van der Waals surface area contributed by atoms with Gasteiger partial charge in [0.25, 0.3) is 5.91 Å². The van der Waals surface area contributed by atoms with Crippen LogP contribution in [0.15, 0.2) is 24.3 Å². The Bertz CT molecular complexity index is 478. The highest BCUT2D eigenvalue weighted by atomic mass is 127. The van der Waals surface area contributed by atoms with E-state index >= 15 is 0 Å². The van der Waals surface area contributed by atoms with Crippen LogP contribution in [-0.4, -0.2) is 23.5 Å². The Morgan fingerprint density at radius 3 is 2.30 bits per heavy atom. The van der Waals surface area contributed by atoms with E-state index in [9.17, 15) is 9.59 Å². The van der Waals surface area contributed by atoms with Crippen molar-refractivity contribution in [2.24, 2.45) is 11.8 Å². The number of carbonyl (C=O) groups is 2. The number of benzene rings is 1. The molecule has 0 bridgehead atoms. The summed E-state index contributed by atoms with van der Waals surface area (Å²) in [4.78, 5) is 22.8. The van der Waals surface area contributed by atoms with Gasteiger partial charge in [-0.05, 0) is 78.5 Å². The molecule has 2 rings (SSSR count). The normalized spacial score (nSPS) is 22.2. The van der Waals surface area contributed by atoms with Crippen LogP contribution < -0.4 is 5.32 Å². The standard InChI is InChI=1S/C15H18INO3/c16-13-7-5-11(6-8-13)14(18)17-9-10-1-3-12(4-2-10)15(19)20/h5-8,10,12H,1-4,9H2,(H,17,18)(H,19,20).